The van der Waals surface area contributed by atoms with E-state index in [-0.39, 0.29) is 11.7 Å². The van der Waals surface area contributed by atoms with Crippen LogP contribution in [-0.4, -0.2) is 37.0 Å². The first-order chi connectivity index (χ1) is 12.2. The van der Waals surface area contributed by atoms with Crippen molar-refractivity contribution in [2.75, 3.05) is 11.1 Å². The number of rotatable bonds is 7. The number of nitrogens with zero attached hydrogens (tertiary/aromatic N) is 5. The van der Waals surface area contributed by atoms with Gasteiger partial charge in [0.15, 0.2) is 0 Å². The topological polar surface area (TPSA) is 93.6 Å². The van der Waals surface area contributed by atoms with Crippen molar-refractivity contribution in [2.24, 2.45) is 0 Å². The number of hydrogen-bond acceptors (Lipinski definition) is 8. The molecule has 7 nitrogen and oxygen atoms in total. The average molecular weight is 372 g/mol. The Morgan fingerprint density at radius 1 is 1.16 bits per heavy atom. The molecular formula is C16H16N6OS2. The molecule has 0 aliphatic rings. The molecule has 3 aromatic rings. The van der Waals surface area contributed by atoms with Crippen LogP contribution in [0, 0.1) is 0 Å². The summed E-state index contributed by atoms with van der Waals surface area (Å²) in [7, 11) is 0. The number of aryl methyl sites for hydroxylation is 1. The van der Waals surface area contributed by atoms with Gasteiger partial charge in [-0.25, -0.2) is 4.98 Å². The van der Waals surface area contributed by atoms with Gasteiger partial charge in [-0.1, -0.05) is 60.4 Å². The van der Waals surface area contributed by atoms with Gasteiger partial charge in [-0.3, -0.25) is 10.1 Å². The lowest BCUT2D eigenvalue weighted by atomic mass is 10.2. The number of benzene rings is 1. The van der Waals surface area contributed by atoms with Gasteiger partial charge >= 0.3 is 0 Å². The number of aromatic nitrogens is 5. The number of carbonyl (C=O) groups excluding carboxylic acids is 1. The molecule has 0 aliphatic carbocycles. The number of carbonyl (C=O) groups is 1. The van der Waals surface area contributed by atoms with Crippen LogP contribution < -0.4 is 5.32 Å². The normalized spacial score (nSPS) is 10.6. The van der Waals surface area contributed by atoms with Crippen LogP contribution in [0.5, 0.6) is 0 Å². The number of anilines is 1. The number of amides is 1. The standard InChI is InChI=1S/C16H16N6OS2/c1-2-6-14-20-22-16(25-14)18-13(23)10-24-15-17-9-12(19-21-15)11-7-4-3-5-8-11/h3-5,7-9H,2,6,10H2,1H3,(H,18,22,23). The summed E-state index contributed by atoms with van der Waals surface area (Å²) in [4.78, 5) is 16.2. The molecule has 25 heavy (non-hydrogen) atoms. The van der Waals surface area contributed by atoms with Crippen molar-refractivity contribution in [1.29, 1.82) is 0 Å². The molecule has 0 aliphatic heterocycles. The highest BCUT2D eigenvalue weighted by atomic mass is 32.2. The van der Waals surface area contributed by atoms with Crippen LogP contribution in [0.2, 0.25) is 0 Å². The molecule has 0 bridgehead atoms. The quantitative estimate of drug-likeness (QED) is 0.637. The molecule has 2 heterocycles. The summed E-state index contributed by atoms with van der Waals surface area (Å²) in [6, 6.07) is 9.70. The van der Waals surface area contributed by atoms with Gasteiger partial charge in [0.2, 0.25) is 16.2 Å². The molecule has 3 rings (SSSR count). The van der Waals surface area contributed by atoms with Crippen LogP contribution in [0.1, 0.15) is 18.4 Å². The van der Waals surface area contributed by atoms with Gasteiger partial charge in [0.05, 0.1) is 11.9 Å². The van der Waals surface area contributed by atoms with E-state index >= 15 is 0 Å². The second-order valence-corrected chi connectivity index (χ2v) is 7.08. The molecule has 2 aromatic heterocycles. The van der Waals surface area contributed by atoms with Crippen molar-refractivity contribution < 1.29 is 4.79 Å². The Kier molecular flexibility index (Phi) is 6.02. The fourth-order valence-electron chi connectivity index (χ4n) is 1.98. The van der Waals surface area contributed by atoms with Gasteiger partial charge in [-0.2, -0.15) is 0 Å². The Hall–Kier alpha value is -2.39. The summed E-state index contributed by atoms with van der Waals surface area (Å²) in [5.74, 6) is 0.0228. The Balaban J connectivity index is 1.51. The number of hydrogen-bond donors (Lipinski definition) is 1. The molecule has 0 spiro atoms. The summed E-state index contributed by atoms with van der Waals surface area (Å²) in [5.41, 5.74) is 1.66. The highest BCUT2D eigenvalue weighted by molar-refractivity contribution is 7.99. The molecule has 128 valence electrons. The minimum absolute atomic E-state index is 0.167. The minimum Gasteiger partial charge on any atom is -0.300 e. The second-order valence-electron chi connectivity index (χ2n) is 5.08. The zero-order chi connectivity index (χ0) is 17.5. The Bertz CT molecular complexity index is 822. The van der Waals surface area contributed by atoms with Crippen LogP contribution in [0.3, 0.4) is 0 Å². The highest BCUT2D eigenvalue weighted by Crippen LogP contribution is 2.19. The summed E-state index contributed by atoms with van der Waals surface area (Å²) in [5, 5.41) is 20.8. The van der Waals surface area contributed by atoms with Crippen molar-refractivity contribution in [2.45, 2.75) is 24.9 Å². The summed E-state index contributed by atoms with van der Waals surface area (Å²) in [6.45, 7) is 2.08. The van der Waals surface area contributed by atoms with Crippen LogP contribution in [-0.2, 0) is 11.2 Å². The van der Waals surface area contributed by atoms with Crippen LogP contribution >= 0.6 is 23.1 Å². The molecule has 9 heteroatoms. The van der Waals surface area contributed by atoms with E-state index < -0.39 is 0 Å². The highest BCUT2D eigenvalue weighted by Gasteiger charge is 2.10. The first kappa shape index (κ1) is 17.4. The smallest absolute Gasteiger partial charge is 0.236 e. The predicted molar refractivity (Wildman–Crippen MR) is 98.5 cm³/mol. The van der Waals surface area contributed by atoms with Gasteiger partial charge in [-0.15, -0.1) is 20.4 Å². The minimum atomic E-state index is -0.167. The third-order valence-electron chi connectivity index (χ3n) is 3.12. The van der Waals surface area contributed by atoms with Crippen molar-refractivity contribution in [3.8, 4) is 11.3 Å². The fraction of sp³-hybridized carbons (Fsp3) is 0.250. The third-order valence-corrected chi connectivity index (χ3v) is 4.87. The maximum atomic E-state index is 12.0. The van der Waals surface area contributed by atoms with Crippen LogP contribution in [0.25, 0.3) is 11.3 Å². The monoisotopic (exact) mass is 372 g/mol. The first-order valence-corrected chi connectivity index (χ1v) is 9.55. The van der Waals surface area contributed by atoms with Crippen molar-refractivity contribution >= 4 is 34.1 Å². The van der Waals surface area contributed by atoms with E-state index in [4.69, 9.17) is 0 Å². The van der Waals surface area contributed by atoms with E-state index in [0.29, 0.717) is 16.0 Å². The van der Waals surface area contributed by atoms with Crippen molar-refractivity contribution in [3.63, 3.8) is 0 Å². The molecule has 1 amide bonds. The van der Waals surface area contributed by atoms with Gasteiger partial charge in [-0.05, 0) is 6.42 Å². The van der Waals surface area contributed by atoms with Gasteiger partial charge in [0.25, 0.3) is 0 Å². The summed E-state index contributed by atoms with van der Waals surface area (Å²) >= 11 is 2.63. The zero-order valence-electron chi connectivity index (χ0n) is 13.5. The van der Waals surface area contributed by atoms with E-state index in [1.165, 1.54) is 23.1 Å². The fourth-order valence-corrected chi connectivity index (χ4v) is 3.39. The largest absolute Gasteiger partial charge is 0.300 e. The van der Waals surface area contributed by atoms with Crippen LogP contribution in [0.15, 0.2) is 41.7 Å². The first-order valence-electron chi connectivity index (χ1n) is 7.74. The lowest BCUT2D eigenvalue weighted by Crippen LogP contribution is -2.14. The van der Waals surface area contributed by atoms with Gasteiger partial charge < -0.3 is 0 Å². The Morgan fingerprint density at radius 3 is 2.72 bits per heavy atom. The maximum absolute atomic E-state index is 12.0. The van der Waals surface area contributed by atoms with E-state index in [1.54, 1.807) is 6.20 Å². The van der Waals surface area contributed by atoms with Crippen molar-refractivity contribution in [3.05, 3.63) is 41.5 Å². The van der Waals surface area contributed by atoms with E-state index in [1.807, 2.05) is 30.3 Å². The van der Waals surface area contributed by atoms with Crippen molar-refractivity contribution in [1.82, 2.24) is 25.4 Å². The van der Waals surface area contributed by atoms with E-state index in [2.05, 4.69) is 37.6 Å². The average Bonchev–Trinajstić information content (AvgIpc) is 3.08. The lowest BCUT2D eigenvalue weighted by molar-refractivity contribution is -0.113. The molecule has 0 atom stereocenters. The Morgan fingerprint density at radius 2 is 2.00 bits per heavy atom. The van der Waals surface area contributed by atoms with E-state index in [0.717, 1.165) is 23.4 Å². The summed E-state index contributed by atoms with van der Waals surface area (Å²) < 4.78 is 0. The molecule has 0 unspecified atom stereocenters. The molecule has 0 saturated carbocycles. The predicted octanol–water partition coefficient (Wildman–Crippen LogP) is 3.07. The molecule has 0 saturated heterocycles. The third kappa shape index (κ3) is 5.04. The number of nitrogens with one attached hydrogen (secondary N) is 1. The lowest BCUT2D eigenvalue weighted by Gasteiger charge is -2.02. The number of thioether (sulfide) groups is 1. The second kappa shape index (κ2) is 8.63. The molecule has 0 fully saturated rings. The zero-order valence-corrected chi connectivity index (χ0v) is 15.2. The molecule has 1 N–H and O–H groups in total. The Labute approximate surface area is 153 Å². The van der Waals surface area contributed by atoms with Gasteiger partial charge in [0, 0.05) is 12.0 Å². The summed E-state index contributed by atoms with van der Waals surface area (Å²) in [6.07, 6.45) is 3.53. The maximum Gasteiger partial charge on any atom is 0.236 e. The molecule has 1 aromatic carbocycles. The van der Waals surface area contributed by atoms with Gasteiger partial charge in [0.1, 0.15) is 10.7 Å². The SMILES string of the molecule is CCCc1nnc(NC(=O)CSc2ncc(-c3ccccc3)nn2)s1. The van der Waals surface area contributed by atoms with E-state index in [9.17, 15) is 4.79 Å². The van der Waals surface area contributed by atoms with Crippen LogP contribution in [0.4, 0.5) is 5.13 Å². The molecular weight excluding hydrogens is 356 g/mol. The molecule has 0 radical (unpaired) electrons.